The molecule has 0 amide bonds. The molecule has 0 spiro atoms. The number of Topliss-reactive ketones (excluding diaryl/α,β-unsaturated/α-hetero) is 1. The van der Waals surface area contributed by atoms with Gasteiger partial charge in [-0.15, -0.1) is 0 Å². The molecule has 1 heterocycles. The maximum Gasteiger partial charge on any atom is 0.353 e. The number of allylic oxidation sites excluding steroid dienone is 2. The maximum atomic E-state index is 12.0. The molecule has 22 heavy (non-hydrogen) atoms. The fraction of sp³-hybridized carbons (Fsp3) is 0.562. The molecule has 2 aliphatic rings. The standard InChI is InChI=1S/C16H20O6/c1-9-5-6-11(7-12(9)17)10(2)8-16(20)13(18)21-15(3,4)22-14(16)19/h5,11,20H,2,6-8H2,1,3-4H3. The van der Waals surface area contributed by atoms with Gasteiger partial charge in [0.15, 0.2) is 5.78 Å². The second-order valence-electron chi connectivity index (χ2n) is 6.32. The van der Waals surface area contributed by atoms with Crippen LogP contribution in [0.25, 0.3) is 0 Å². The molecule has 0 radical (unpaired) electrons. The van der Waals surface area contributed by atoms with Gasteiger partial charge in [-0.25, -0.2) is 9.59 Å². The van der Waals surface area contributed by atoms with Crippen LogP contribution in [-0.4, -0.2) is 34.2 Å². The molecule has 1 atom stereocenters. The van der Waals surface area contributed by atoms with E-state index in [0.29, 0.717) is 17.6 Å². The number of ether oxygens (including phenoxy) is 2. The van der Waals surface area contributed by atoms with Gasteiger partial charge >= 0.3 is 11.9 Å². The number of rotatable bonds is 3. The van der Waals surface area contributed by atoms with Gasteiger partial charge in [0.25, 0.3) is 11.4 Å². The Bertz CT molecular complexity index is 563. The zero-order valence-electron chi connectivity index (χ0n) is 13.0. The fourth-order valence-electron chi connectivity index (χ4n) is 2.55. The van der Waals surface area contributed by atoms with Gasteiger partial charge in [-0.2, -0.15) is 0 Å². The van der Waals surface area contributed by atoms with Crippen LogP contribution >= 0.6 is 0 Å². The molecule has 0 aromatic carbocycles. The summed E-state index contributed by atoms with van der Waals surface area (Å²) in [7, 11) is 0. The van der Waals surface area contributed by atoms with Crippen LogP contribution in [0.15, 0.2) is 23.8 Å². The van der Waals surface area contributed by atoms with Crippen LogP contribution in [0.2, 0.25) is 0 Å². The Labute approximate surface area is 128 Å². The second kappa shape index (κ2) is 5.35. The monoisotopic (exact) mass is 308 g/mol. The fourth-order valence-corrected chi connectivity index (χ4v) is 2.55. The number of hydrogen-bond acceptors (Lipinski definition) is 6. The van der Waals surface area contributed by atoms with E-state index in [1.807, 2.05) is 0 Å². The Morgan fingerprint density at radius 2 is 1.86 bits per heavy atom. The molecule has 6 nitrogen and oxygen atoms in total. The van der Waals surface area contributed by atoms with Crippen molar-refractivity contribution >= 4 is 17.7 Å². The summed E-state index contributed by atoms with van der Waals surface area (Å²) in [4.78, 5) is 35.7. The molecule has 0 saturated carbocycles. The molecular weight excluding hydrogens is 288 g/mol. The summed E-state index contributed by atoms with van der Waals surface area (Å²) in [5, 5.41) is 10.3. The first-order valence-electron chi connectivity index (χ1n) is 7.12. The zero-order chi connectivity index (χ0) is 16.7. The highest BCUT2D eigenvalue weighted by Crippen LogP contribution is 2.35. The van der Waals surface area contributed by atoms with Gasteiger partial charge in [-0.1, -0.05) is 18.2 Å². The zero-order valence-corrected chi connectivity index (χ0v) is 13.0. The van der Waals surface area contributed by atoms with Crippen LogP contribution in [0.4, 0.5) is 0 Å². The van der Waals surface area contributed by atoms with E-state index in [-0.39, 0.29) is 24.5 Å². The van der Waals surface area contributed by atoms with E-state index in [2.05, 4.69) is 6.58 Å². The van der Waals surface area contributed by atoms with Gasteiger partial charge < -0.3 is 14.6 Å². The van der Waals surface area contributed by atoms with E-state index >= 15 is 0 Å². The molecule has 0 aromatic rings. The van der Waals surface area contributed by atoms with E-state index in [1.165, 1.54) is 13.8 Å². The summed E-state index contributed by atoms with van der Waals surface area (Å²) in [6.07, 6.45) is 2.33. The van der Waals surface area contributed by atoms with Gasteiger partial charge in [-0.3, -0.25) is 4.79 Å². The predicted octanol–water partition coefficient (Wildman–Crippen LogP) is 1.43. The van der Waals surface area contributed by atoms with E-state index < -0.39 is 23.3 Å². The molecule has 6 heteroatoms. The highest BCUT2D eigenvalue weighted by Gasteiger charge is 2.55. The van der Waals surface area contributed by atoms with Crippen molar-refractivity contribution in [3.8, 4) is 0 Å². The Kier molecular flexibility index (Phi) is 4.00. The number of hydrogen-bond donors (Lipinski definition) is 1. The quantitative estimate of drug-likeness (QED) is 0.482. The Balaban J connectivity index is 2.12. The summed E-state index contributed by atoms with van der Waals surface area (Å²) < 4.78 is 9.87. The largest absolute Gasteiger partial charge is 0.421 e. The lowest BCUT2D eigenvalue weighted by molar-refractivity contribution is -0.259. The van der Waals surface area contributed by atoms with Crippen molar-refractivity contribution in [1.29, 1.82) is 0 Å². The number of carbonyl (C=O) groups is 3. The van der Waals surface area contributed by atoms with E-state index in [9.17, 15) is 19.5 Å². The molecule has 2 rings (SSSR count). The third kappa shape index (κ3) is 2.97. The lowest BCUT2D eigenvalue weighted by Gasteiger charge is -2.38. The van der Waals surface area contributed by atoms with Crippen molar-refractivity contribution in [3.63, 3.8) is 0 Å². The lowest BCUT2D eigenvalue weighted by atomic mass is 9.80. The average Bonchev–Trinajstić information content (AvgIpc) is 2.38. The Morgan fingerprint density at radius 3 is 2.36 bits per heavy atom. The normalized spacial score (nSPS) is 26.8. The minimum atomic E-state index is -2.40. The number of cyclic esters (lactones) is 2. The molecule has 1 unspecified atom stereocenters. The molecule has 120 valence electrons. The van der Waals surface area contributed by atoms with Crippen molar-refractivity contribution in [2.45, 2.75) is 51.4 Å². The van der Waals surface area contributed by atoms with Crippen molar-refractivity contribution < 1.29 is 29.0 Å². The summed E-state index contributed by atoms with van der Waals surface area (Å²) in [6, 6.07) is 0. The molecule has 1 aliphatic heterocycles. The van der Waals surface area contributed by atoms with Crippen molar-refractivity contribution in [1.82, 2.24) is 0 Å². The van der Waals surface area contributed by atoms with Crippen molar-refractivity contribution in [3.05, 3.63) is 23.8 Å². The van der Waals surface area contributed by atoms with Crippen LogP contribution in [0, 0.1) is 5.92 Å². The third-order valence-corrected chi connectivity index (χ3v) is 3.99. The molecular formula is C16H20O6. The van der Waals surface area contributed by atoms with Crippen LogP contribution in [0.5, 0.6) is 0 Å². The van der Waals surface area contributed by atoms with Gasteiger partial charge in [0, 0.05) is 26.7 Å². The number of carbonyl (C=O) groups excluding carboxylic acids is 3. The van der Waals surface area contributed by atoms with Gasteiger partial charge in [0.05, 0.1) is 0 Å². The highest BCUT2D eigenvalue weighted by atomic mass is 16.8. The van der Waals surface area contributed by atoms with E-state index in [0.717, 1.165) is 0 Å². The lowest BCUT2D eigenvalue weighted by Crippen LogP contribution is -2.59. The molecule has 1 aliphatic carbocycles. The SMILES string of the molecule is C=C(CC1(O)C(=O)OC(C)(C)OC1=O)C1CC=C(C)C(=O)C1. The van der Waals surface area contributed by atoms with E-state index in [1.54, 1.807) is 13.0 Å². The van der Waals surface area contributed by atoms with Crippen LogP contribution in [0.3, 0.4) is 0 Å². The van der Waals surface area contributed by atoms with Crippen molar-refractivity contribution in [2.75, 3.05) is 0 Å². The van der Waals surface area contributed by atoms with Crippen LogP contribution in [-0.2, 0) is 23.9 Å². The van der Waals surface area contributed by atoms with Crippen LogP contribution in [0.1, 0.15) is 40.0 Å². The van der Waals surface area contributed by atoms with Crippen LogP contribution < -0.4 is 0 Å². The van der Waals surface area contributed by atoms with Gasteiger partial charge in [0.2, 0.25) is 0 Å². The Hall–Kier alpha value is -1.95. The van der Waals surface area contributed by atoms with Gasteiger partial charge in [0.1, 0.15) is 0 Å². The second-order valence-corrected chi connectivity index (χ2v) is 6.32. The smallest absolute Gasteiger partial charge is 0.353 e. The number of aliphatic hydroxyl groups is 1. The first-order valence-corrected chi connectivity index (χ1v) is 7.12. The molecule has 1 saturated heterocycles. The number of esters is 2. The molecule has 1 N–H and O–H groups in total. The first-order chi connectivity index (χ1) is 10.0. The summed E-state index contributed by atoms with van der Waals surface area (Å²) in [6.45, 7) is 8.38. The Morgan fingerprint density at radius 1 is 1.32 bits per heavy atom. The molecule has 0 bridgehead atoms. The summed E-state index contributed by atoms with van der Waals surface area (Å²) in [5.41, 5.74) is -1.25. The molecule has 0 aromatic heterocycles. The minimum absolute atomic E-state index is 0.000629. The predicted molar refractivity (Wildman–Crippen MR) is 76.5 cm³/mol. The minimum Gasteiger partial charge on any atom is -0.421 e. The highest BCUT2D eigenvalue weighted by molar-refractivity contribution is 6.05. The number of ketones is 1. The average molecular weight is 308 g/mol. The summed E-state index contributed by atoms with van der Waals surface area (Å²) >= 11 is 0. The third-order valence-electron chi connectivity index (χ3n) is 3.99. The molecule has 1 fully saturated rings. The van der Waals surface area contributed by atoms with Gasteiger partial charge in [-0.05, 0) is 24.8 Å². The first kappa shape index (κ1) is 16.4. The van der Waals surface area contributed by atoms with E-state index in [4.69, 9.17) is 9.47 Å². The maximum absolute atomic E-state index is 12.0. The summed E-state index contributed by atoms with van der Waals surface area (Å²) in [5.74, 6) is -3.72. The topological polar surface area (TPSA) is 89.9 Å². The van der Waals surface area contributed by atoms with Crippen molar-refractivity contribution in [2.24, 2.45) is 5.92 Å².